The van der Waals surface area contributed by atoms with Gasteiger partial charge in [0.2, 0.25) is 0 Å². The van der Waals surface area contributed by atoms with Crippen molar-refractivity contribution in [1.29, 1.82) is 0 Å². The van der Waals surface area contributed by atoms with Crippen LogP contribution in [0.4, 0.5) is 0 Å². The number of quaternary nitrogens is 1. The molecule has 4 N–H and O–H groups in total. The minimum Gasteiger partial charge on any atom is -0.549 e. The zero-order valence-electron chi connectivity index (χ0n) is 4.47. The number of aliphatic carboxylic acids is 1. The molecule has 0 rings (SSSR count). The van der Waals surface area contributed by atoms with Gasteiger partial charge in [-0.25, -0.2) is 0 Å². The first-order valence-electron chi connectivity index (χ1n) is 1.08. The fourth-order valence-electron chi connectivity index (χ4n) is 0. The molecule has 3 nitrogen and oxygen atoms in total. The summed E-state index contributed by atoms with van der Waals surface area (Å²) in [6.07, 6.45) is 0. The molecule has 0 aliphatic heterocycles. The van der Waals surface area contributed by atoms with Crippen LogP contribution in [0.3, 0.4) is 0 Å². The fraction of sp³-hybridized carbons (Fsp3) is 0.500. The molecule has 0 saturated carbocycles. The van der Waals surface area contributed by atoms with E-state index in [1.807, 2.05) is 0 Å². The second-order valence-corrected chi connectivity index (χ2v) is 0.846. The van der Waals surface area contributed by atoms with E-state index >= 15 is 0 Å². The van der Waals surface area contributed by atoms with Crippen LogP contribution in [0.25, 0.3) is 0 Å². The van der Waals surface area contributed by atoms with Gasteiger partial charge >= 0.3 is 29.6 Å². The summed E-state index contributed by atoms with van der Waals surface area (Å²) in [5.74, 6) is -1.33. The maximum absolute atomic E-state index is 9.18. The zero-order valence-corrected chi connectivity index (χ0v) is 7.37. The van der Waals surface area contributed by atoms with E-state index in [-0.39, 0.29) is 41.5 Å². The summed E-state index contributed by atoms with van der Waals surface area (Å²) >= 11 is 3.35. The largest absolute Gasteiger partial charge is 1.00 e. The van der Waals surface area contributed by atoms with Gasteiger partial charge in [-0.15, -0.1) is 0 Å². The molecule has 0 aliphatic rings. The van der Waals surface area contributed by atoms with Crippen molar-refractivity contribution in [3.8, 4) is 0 Å². The molecular formula is C2H7NNaO2S+. The zero-order chi connectivity index (χ0) is 4.28. The van der Waals surface area contributed by atoms with E-state index < -0.39 is 5.97 Å². The first-order valence-corrected chi connectivity index (χ1v) is 1.71. The first kappa shape index (κ1) is 15.7. The SMILES string of the molecule is O=C([O-])CS.[NH4+].[Na+]. The minimum absolute atomic E-state index is 0. The maximum Gasteiger partial charge on any atom is 1.00 e. The second-order valence-electron chi connectivity index (χ2n) is 0.530. The van der Waals surface area contributed by atoms with Crippen LogP contribution < -0.4 is 40.8 Å². The van der Waals surface area contributed by atoms with Crippen molar-refractivity contribution in [2.24, 2.45) is 0 Å². The molecule has 0 aliphatic carbocycles. The molecule has 0 aromatic heterocycles. The normalized spacial score (nSPS) is 5.29. The van der Waals surface area contributed by atoms with Gasteiger partial charge in [-0.2, -0.15) is 12.6 Å². The van der Waals surface area contributed by atoms with Crippen molar-refractivity contribution in [3.05, 3.63) is 0 Å². The van der Waals surface area contributed by atoms with Crippen LogP contribution in [0.5, 0.6) is 0 Å². The molecule has 0 heterocycles. The van der Waals surface area contributed by atoms with Gasteiger partial charge in [0.25, 0.3) is 0 Å². The van der Waals surface area contributed by atoms with Crippen molar-refractivity contribution in [2.45, 2.75) is 0 Å². The van der Waals surface area contributed by atoms with E-state index in [1.54, 1.807) is 0 Å². The second kappa shape index (κ2) is 9.91. The minimum atomic E-state index is -1.13. The number of hydrogen-bond donors (Lipinski definition) is 2. The van der Waals surface area contributed by atoms with Crippen LogP contribution >= 0.6 is 12.6 Å². The molecule has 5 heteroatoms. The van der Waals surface area contributed by atoms with Crippen molar-refractivity contribution in [2.75, 3.05) is 5.75 Å². The third-order valence-electron chi connectivity index (χ3n) is 0.129. The summed E-state index contributed by atoms with van der Waals surface area (Å²) in [5.41, 5.74) is 0. The van der Waals surface area contributed by atoms with Crippen molar-refractivity contribution in [3.63, 3.8) is 0 Å². The smallest absolute Gasteiger partial charge is 0.549 e. The molecule has 0 amide bonds. The Labute approximate surface area is 69.8 Å². The van der Waals surface area contributed by atoms with Gasteiger partial charge in [-0.3, -0.25) is 0 Å². The molecular weight excluding hydrogens is 125 g/mol. The van der Waals surface area contributed by atoms with Crippen molar-refractivity contribution < 1.29 is 39.5 Å². The van der Waals surface area contributed by atoms with Gasteiger partial charge in [-0.05, 0) is 0 Å². The van der Waals surface area contributed by atoms with Crippen LogP contribution in [-0.4, -0.2) is 11.7 Å². The summed E-state index contributed by atoms with van der Waals surface area (Å²) in [5, 5.41) is 9.18. The fourth-order valence-corrected chi connectivity index (χ4v) is 0. The summed E-state index contributed by atoms with van der Waals surface area (Å²) in [4.78, 5) is 9.18. The summed E-state index contributed by atoms with van der Waals surface area (Å²) in [6, 6.07) is 0. The molecule has 0 aromatic rings. The Morgan fingerprint density at radius 3 is 1.86 bits per heavy atom. The molecule has 0 unspecified atom stereocenters. The van der Waals surface area contributed by atoms with E-state index in [0.717, 1.165) is 0 Å². The van der Waals surface area contributed by atoms with E-state index in [9.17, 15) is 9.90 Å². The molecule has 0 aromatic carbocycles. The summed E-state index contributed by atoms with van der Waals surface area (Å²) in [7, 11) is 0. The third kappa shape index (κ3) is 20.0. The van der Waals surface area contributed by atoms with E-state index in [4.69, 9.17) is 0 Å². The summed E-state index contributed by atoms with van der Waals surface area (Å²) < 4.78 is 0. The predicted octanol–water partition coefficient (Wildman–Crippen LogP) is -3.95. The van der Waals surface area contributed by atoms with E-state index in [0.29, 0.717) is 0 Å². The molecule has 38 valence electrons. The van der Waals surface area contributed by atoms with Crippen molar-refractivity contribution in [1.82, 2.24) is 6.15 Å². The Bertz CT molecular complexity index is 51.0. The number of carboxylic acids is 1. The molecule has 0 fully saturated rings. The quantitative estimate of drug-likeness (QED) is 0.282. The number of rotatable bonds is 1. The number of carboxylic acid groups (broad SMARTS) is 1. The van der Waals surface area contributed by atoms with Crippen LogP contribution in [0, 0.1) is 0 Å². The Kier molecular flexibility index (Phi) is 22.2. The number of carbonyl (C=O) groups excluding carboxylic acids is 1. The van der Waals surface area contributed by atoms with Crippen LogP contribution in [0.15, 0.2) is 0 Å². The van der Waals surface area contributed by atoms with Crippen LogP contribution in [-0.2, 0) is 4.79 Å². The van der Waals surface area contributed by atoms with E-state index in [2.05, 4.69) is 12.6 Å². The molecule has 0 atom stereocenters. The Morgan fingerprint density at radius 1 is 1.71 bits per heavy atom. The average molecular weight is 132 g/mol. The molecule has 7 heavy (non-hydrogen) atoms. The molecule has 0 bridgehead atoms. The van der Waals surface area contributed by atoms with Gasteiger partial charge < -0.3 is 16.1 Å². The molecule has 0 radical (unpaired) electrons. The van der Waals surface area contributed by atoms with Gasteiger partial charge in [-0.1, -0.05) is 0 Å². The standard InChI is InChI=1S/C2H4O2S.H3N.Na/c3-2(4)1-5;;/h5H,1H2,(H,3,4);1H3;/q;;+1. The van der Waals surface area contributed by atoms with Gasteiger partial charge in [0.1, 0.15) is 0 Å². The van der Waals surface area contributed by atoms with Gasteiger partial charge in [0.05, 0.1) is 5.97 Å². The topological polar surface area (TPSA) is 76.6 Å². The Hall–Kier alpha value is 0.780. The summed E-state index contributed by atoms with van der Waals surface area (Å²) in [6.45, 7) is 0. The third-order valence-corrected chi connectivity index (χ3v) is 0.387. The average Bonchev–Trinajstić information content (AvgIpc) is 1.38. The molecule has 0 saturated heterocycles. The van der Waals surface area contributed by atoms with Crippen LogP contribution in [0.2, 0.25) is 0 Å². The molecule has 0 spiro atoms. The van der Waals surface area contributed by atoms with Gasteiger partial charge in [0, 0.05) is 5.75 Å². The van der Waals surface area contributed by atoms with Crippen molar-refractivity contribution >= 4 is 18.6 Å². The van der Waals surface area contributed by atoms with Crippen LogP contribution in [0.1, 0.15) is 0 Å². The number of hydrogen-bond acceptors (Lipinski definition) is 3. The Balaban J connectivity index is -0.0000000800. The monoisotopic (exact) mass is 132 g/mol. The first-order chi connectivity index (χ1) is 2.27. The van der Waals surface area contributed by atoms with Gasteiger partial charge in [0.15, 0.2) is 0 Å². The predicted molar refractivity (Wildman–Crippen MR) is 24.8 cm³/mol. The maximum atomic E-state index is 9.18. The number of thiol groups is 1. The number of carbonyl (C=O) groups is 1. The van der Waals surface area contributed by atoms with E-state index in [1.165, 1.54) is 0 Å². The Morgan fingerprint density at radius 2 is 1.86 bits per heavy atom.